The van der Waals surface area contributed by atoms with Gasteiger partial charge in [0.25, 0.3) is 5.91 Å². The lowest BCUT2D eigenvalue weighted by Crippen LogP contribution is -2.19. The van der Waals surface area contributed by atoms with Crippen molar-refractivity contribution >= 4 is 46.3 Å². The highest BCUT2D eigenvalue weighted by molar-refractivity contribution is 7.99. The number of carbonyl (C=O) groups is 2. The summed E-state index contributed by atoms with van der Waals surface area (Å²) in [6.45, 7) is 4.68. The van der Waals surface area contributed by atoms with Gasteiger partial charge in [-0.2, -0.15) is 0 Å². The van der Waals surface area contributed by atoms with Gasteiger partial charge in [-0.15, -0.1) is 21.5 Å². The van der Waals surface area contributed by atoms with Gasteiger partial charge in [0.2, 0.25) is 5.91 Å². The van der Waals surface area contributed by atoms with Crippen LogP contribution in [0, 0.1) is 6.92 Å². The van der Waals surface area contributed by atoms with Crippen molar-refractivity contribution in [2.75, 3.05) is 16.4 Å². The highest BCUT2D eigenvalue weighted by atomic mass is 32.2. The number of aryl methyl sites for hydroxylation is 1. The Morgan fingerprint density at radius 1 is 1.03 bits per heavy atom. The van der Waals surface area contributed by atoms with Crippen LogP contribution in [0.2, 0.25) is 0 Å². The van der Waals surface area contributed by atoms with Gasteiger partial charge < -0.3 is 15.2 Å². The predicted molar refractivity (Wildman–Crippen MR) is 134 cm³/mol. The Hall–Kier alpha value is -3.43. The fourth-order valence-corrected chi connectivity index (χ4v) is 4.82. The van der Waals surface area contributed by atoms with E-state index in [1.807, 2.05) is 60.2 Å². The number of aromatic nitrogens is 3. The van der Waals surface area contributed by atoms with E-state index in [-0.39, 0.29) is 17.6 Å². The number of nitrogens with one attached hydrogen (secondary N) is 2. The largest absolute Gasteiger partial charge is 0.325 e. The van der Waals surface area contributed by atoms with Crippen LogP contribution in [-0.4, -0.2) is 32.3 Å². The molecule has 4 rings (SSSR count). The number of thiophene rings is 1. The van der Waals surface area contributed by atoms with E-state index in [2.05, 4.69) is 20.8 Å². The van der Waals surface area contributed by atoms with Gasteiger partial charge in [-0.05, 0) is 55.1 Å². The Kier molecular flexibility index (Phi) is 7.21. The van der Waals surface area contributed by atoms with Crippen LogP contribution in [0.5, 0.6) is 0 Å². The maximum absolute atomic E-state index is 12.8. The zero-order valence-corrected chi connectivity index (χ0v) is 19.9. The highest BCUT2D eigenvalue weighted by Crippen LogP contribution is 2.27. The number of carbonyl (C=O) groups excluding carboxylic acids is 2. The highest BCUT2D eigenvalue weighted by Gasteiger charge is 2.17. The topological polar surface area (TPSA) is 88.9 Å². The summed E-state index contributed by atoms with van der Waals surface area (Å²) in [4.78, 5) is 26.5. The third-order valence-corrected chi connectivity index (χ3v) is 6.66. The Labute approximate surface area is 200 Å². The van der Waals surface area contributed by atoms with E-state index in [9.17, 15) is 9.59 Å². The van der Waals surface area contributed by atoms with E-state index in [4.69, 9.17) is 0 Å². The molecule has 0 unspecified atom stereocenters. The number of anilines is 2. The van der Waals surface area contributed by atoms with Crippen molar-refractivity contribution in [2.24, 2.45) is 0 Å². The fraction of sp³-hybridized carbons (Fsp3) is 0.167. The minimum absolute atomic E-state index is 0.149. The van der Waals surface area contributed by atoms with E-state index in [1.165, 1.54) is 11.8 Å². The van der Waals surface area contributed by atoms with Gasteiger partial charge >= 0.3 is 0 Å². The number of thioether (sulfide) groups is 1. The van der Waals surface area contributed by atoms with Crippen LogP contribution in [0.25, 0.3) is 10.7 Å². The minimum Gasteiger partial charge on any atom is -0.325 e. The third-order valence-electron chi connectivity index (χ3n) is 4.83. The van der Waals surface area contributed by atoms with Crippen LogP contribution in [0.3, 0.4) is 0 Å². The zero-order valence-electron chi connectivity index (χ0n) is 18.2. The second-order valence-corrected chi connectivity index (χ2v) is 9.12. The summed E-state index contributed by atoms with van der Waals surface area (Å²) in [5.41, 5.74) is 2.62. The summed E-state index contributed by atoms with van der Waals surface area (Å²) in [6, 6.07) is 18.5. The van der Waals surface area contributed by atoms with Gasteiger partial charge in [0.05, 0.1) is 21.9 Å². The van der Waals surface area contributed by atoms with Crippen molar-refractivity contribution in [3.05, 3.63) is 77.2 Å². The molecule has 4 aromatic rings. The van der Waals surface area contributed by atoms with E-state index in [0.29, 0.717) is 28.6 Å². The average Bonchev–Trinajstić information content (AvgIpc) is 3.47. The molecule has 0 bridgehead atoms. The molecule has 0 saturated heterocycles. The molecule has 2 aromatic heterocycles. The summed E-state index contributed by atoms with van der Waals surface area (Å²) in [5, 5.41) is 17.0. The molecule has 7 nitrogen and oxygen atoms in total. The van der Waals surface area contributed by atoms with Gasteiger partial charge in [-0.25, -0.2) is 0 Å². The summed E-state index contributed by atoms with van der Waals surface area (Å²) < 4.78 is 1.99. The van der Waals surface area contributed by atoms with Crippen LogP contribution in [0.15, 0.2) is 71.2 Å². The first-order valence-electron chi connectivity index (χ1n) is 10.4. The van der Waals surface area contributed by atoms with Crippen LogP contribution >= 0.6 is 23.1 Å². The van der Waals surface area contributed by atoms with Gasteiger partial charge in [0, 0.05) is 12.2 Å². The molecule has 0 saturated carbocycles. The van der Waals surface area contributed by atoms with Gasteiger partial charge in [0.15, 0.2) is 11.0 Å². The molecule has 2 aromatic carbocycles. The molecule has 168 valence electrons. The molecule has 0 atom stereocenters. The first-order chi connectivity index (χ1) is 16.0. The Bertz CT molecular complexity index is 1270. The molecule has 2 heterocycles. The number of amides is 2. The molecule has 0 spiro atoms. The van der Waals surface area contributed by atoms with Crippen LogP contribution < -0.4 is 10.6 Å². The molecular weight excluding hydrogens is 454 g/mol. The third kappa shape index (κ3) is 5.50. The molecule has 0 aliphatic rings. The normalized spacial score (nSPS) is 10.7. The van der Waals surface area contributed by atoms with E-state index < -0.39 is 0 Å². The smallest absolute Gasteiger partial charge is 0.257 e. The average molecular weight is 478 g/mol. The summed E-state index contributed by atoms with van der Waals surface area (Å²) in [5.74, 6) is 0.444. The Morgan fingerprint density at radius 2 is 1.88 bits per heavy atom. The van der Waals surface area contributed by atoms with Crippen molar-refractivity contribution in [1.82, 2.24) is 14.8 Å². The number of hydrogen-bond donors (Lipinski definition) is 2. The predicted octanol–water partition coefficient (Wildman–Crippen LogP) is 5.32. The molecule has 2 amide bonds. The number of hydrogen-bond acceptors (Lipinski definition) is 6. The summed E-state index contributed by atoms with van der Waals surface area (Å²) >= 11 is 2.92. The van der Waals surface area contributed by atoms with E-state index in [1.54, 1.807) is 35.6 Å². The van der Waals surface area contributed by atoms with E-state index >= 15 is 0 Å². The summed E-state index contributed by atoms with van der Waals surface area (Å²) in [6.07, 6.45) is 0. The molecule has 9 heteroatoms. The van der Waals surface area contributed by atoms with Gasteiger partial charge in [-0.1, -0.05) is 42.1 Å². The van der Waals surface area contributed by atoms with Crippen LogP contribution in [0.1, 0.15) is 22.8 Å². The maximum atomic E-state index is 12.8. The fourth-order valence-electron chi connectivity index (χ4n) is 3.30. The molecule has 0 aliphatic heterocycles. The molecule has 0 aliphatic carbocycles. The Morgan fingerprint density at radius 3 is 2.64 bits per heavy atom. The second-order valence-electron chi connectivity index (χ2n) is 7.23. The lowest BCUT2D eigenvalue weighted by Gasteiger charge is -2.12. The lowest BCUT2D eigenvalue weighted by molar-refractivity contribution is -0.113. The SMILES string of the molecule is CCn1c(SCC(=O)Nc2ccccc2C(=O)Nc2cccc(C)c2)nnc1-c1cccs1. The number of para-hydroxylation sites is 1. The van der Waals surface area contributed by atoms with Crippen molar-refractivity contribution in [1.29, 1.82) is 0 Å². The number of nitrogens with zero attached hydrogens (tertiary/aromatic N) is 3. The zero-order chi connectivity index (χ0) is 23.2. The monoisotopic (exact) mass is 477 g/mol. The quantitative estimate of drug-likeness (QED) is 0.335. The van der Waals surface area contributed by atoms with Crippen molar-refractivity contribution < 1.29 is 9.59 Å². The first kappa shape index (κ1) is 22.8. The lowest BCUT2D eigenvalue weighted by atomic mass is 10.1. The molecule has 0 radical (unpaired) electrons. The van der Waals surface area contributed by atoms with Crippen molar-refractivity contribution in [3.63, 3.8) is 0 Å². The molecule has 33 heavy (non-hydrogen) atoms. The van der Waals surface area contributed by atoms with Crippen molar-refractivity contribution in [3.8, 4) is 10.7 Å². The number of rotatable bonds is 8. The van der Waals surface area contributed by atoms with Crippen molar-refractivity contribution in [2.45, 2.75) is 25.5 Å². The molecule has 0 fully saturated rings. The van der Waals surface area contributed by atoms with Gasteiger partial charge in [0.1, 0.15) is 0 Å². The van der Waals surface area contributed by atoms with Crippen LogP contribution in [0.4, 0.5) is 11.4 Å². The number of benzene rings is 2. The standard InChI is InChI=1S/C24H23N5O2S2/c1-3-29-22(20-12-7-13-32-20)27-28-24(29)33-15-21(30)26-19-11-5-4-10-18(19)23(31)25-17-9-6-8-16(2)14-17/h4-14H,3,15H2,1-2H3,(H,25,31)(H,26,30). The molecular formula is C24H23N5O2S2. The second kappa shape index (κ2) is 10.5. The Balaban J connectivity index is 1.42. The van der Waals surface area contributed by atoms with Crippen LogP contribution in [-0.2, 0) is 11.3 Å². The molecule has 2 N–H and O–H groups in total. The summed E-state index contributed by atoms with van der Waals surface area (Å²) in [7, 11) is 0. The van der Waals surface area contributed by atoms with Gasteiger partial charge in [-0.3, -0.25) is 9.59 Å². The van der Waals surface area contributed by atoms with E-state index in [0.717, 1.165) is 16.3 Å². The first-order valence-corrected chi connectivity index (χ1v) is 12.3. The minimum atomic E-state index is -0.282. The maximum Gasteiger partial charge on any atom is 0.257 e.